The molecule has 1 saturated heterocycles. The average Bonchev–Trinajstić information content (AvgIpc) is 3.09. The van der Waals surface area contributed by atoms with Crippen LogP contribution in [0, 0.1) is 13.8 Å². The highest BCUT2D eigenvalue weighted by Crippen LogP contribution is 2.28. The van der Waals surface area contributed by atoms with Crippen molar-refractivity contribution in [1.82, 2.24) is 14.2 Å². The summed E-state index contributed by atoms with van der Waals surface area (Å²) in [6.07, 6.45) is 3.04. The van der Waals surface area contributed by atoms with E-state index in [9.17, 15) is 8.42 Å². The molecular formula is C14H19N3O3S2. The first-order valence-electron chi connectivity index (χ1n) is 7.13. The number of hydrogen-bond donors (Lipinski definition) is 0. The van der Waals surface area contributed by atoms with Crippen LogP contribution in [0.15, 0.2) is 28.0 Å². The molecule has 120 valence electrons. The topological polar surface area (TPSA) is 66.7 Å². The van der Waals surface area contributed by atoms with Gasteiger partial charge in [-0.3, -0.25) is 4.90 Å². The second-order valence-electron chi connectivity index (χ2n) is 5.44. The molecule has 0 amide bonds. The van der Waals surface area contributed by atoms with E-state index in [4.69, 9.17) is 4.42 Å². The molecule has 0 unspecified atom stereocenters. The summed E-state index contributed by atoms with van der Waals surface area (Å²) in [6.45, 7) is 6.92. The highest BCUT2D eigenvalue weighted by molar-refractivity contribution is 7.89. The number of nitrogens with zero attached hydrogens (tertiary/aromatic N) is 3. The van der Waals surface area contributed by atoms with Crippen LogP contribution in [0.25, 0.3) is 0 Å². The molecule has 0 aliphatic carbocycles. The Hall–Kier alpha value is -1.22. The quantitative estimate of drug-likeness (QED) is 0.849. The lowest BCUT2D eigenvalue weighted by Crippen LogP contribution is -2.48. The van der Waals surface area contributed by atoms with Gasteiger partial charge in [-0.15, -0.1) is 11.3 Å². The van der Waals surface area contributed by atoms with E-state index in [2.05, 4.69) is 9.88 Å². The van der Waals surface area contributed by atoms with Gasteiger partial charge >= 0.3 is 0 Å². The Morgan fingerprint density at radius 2 is 2.00 bits per heavy atom. The molecular weight excluding hydrogens is 322 g/mol. The summed E-state index contributed by atoms with van der Waals surface area (Å²) in [4.78, 5) is 8.64. The maximum Gasteiger partial charge on any atom is 0.244 e. The number of hydrogen-bond acceptors (Lipinski definition) is 6. The summed E-state index contributed by atoms with van der Waals surface area (Å²) >= 11 is 1.53. The third kappa shape index (κ3) is 3.10. The minimum Gasteiger partial charge on any atom is -0.451 e. The van der Waals surface area contributed by atoms with E-state index in [1.807, 2.05) is 13.8 Å². The molecule has 0 saturated carbocycles. The number of sulfonamides is 1. The van der Waals surface area contributed by atoms with Crippen molar-refractivity contribution in [2.24, 2.45) is 0 Å². The molecule has 22 heavy (non-hydrogen) atoms. The summed E-state index contributed by atoms with van der Waals surface area (Å²) < 4.78 is 32.0. The van der Waals surface area contributed by atoms with Crippen LogP contribution >= 0.6 is 11.3 Å². The molecule has 8 heteroatoms. The molecule has 2 aromatic heterocycles. The number of aromatic nitrogens is 1. The summed E-state index contributed by atoms with van der Waals surface area (Å²) in [5.41, 5.74) is 0.876. The zero-order valence-corrected chi connectivity index (χ0v) is 14.3. The van der Waals surface area contributed by atoms with Crippen molar-refractivity contribution in [2.75, 3.05) is 26.2 Å². The van der Waals surface area contributed by atoms with Crippen molar-refractivity contribution >= 4 is 21.4 Å². The Labute approximate surface area is 134 Å². The molecule has 0 atom stereocenters. The number of rotatable bonds is 4. The van der Waals surface area contributed by atoms with Crippen molar-refractivity contribution in [1.29, 1.82) is 0 Å². The van der Waals surface area contributed by atoms with Gasteiger partial charge in [-0.05, 0) is 19.9 Å². The fraction of sp³-hybridized carbons (Fsp3) is 0.500. The van der Waals surface area contributed by atoms with Gasteiger partial charge in [-0.1, -0.05) is 0 Å². The Kier molecular flexibility index (Phi) is 4.35. The van der Waals surface area contributed by atoms with Crippen molar-refractivity contribution in [2.45, 2.75) is 25.3 Å². The predicted octanol–water partition coefficient (Wildman–Crippen LogP) is 1.86. The van der Waals surface area contributed by atoms with Crippen LogP contribution in [0.5, 0.6) is 0 Å². The van der Waals surface area contributed by atoms with Crippen LogP contribution in [-0.4, -0.2) is 48.8 Å². The van der Waals surface area contributed by atoms with Crippen molar-refractivity contribution in [3.05, 3.63) is 34.2 Å². The van der Waals surface area contributed by atoms with E-state index in [1.54, 1.807) is 16.6 Å². The van der Waals surface area contributed by atoms with E-state index in [0.717, 1.165) is 15.4 Å². The summed E-state index contributed by atoms with van der Waals surface area (Å²) in [5.74, 6) is 0. The molecule has 0 spiro atoms. The Morgan fingerprint density at radius 3 is 2.55 bits per heavy atom. The second kappa shape index (κ2) is 6.11. The van der Waals surface area contributed by atoms with Gasteiger partial charge in [-0.25, -0.2) is 13.4 Å². The summed E-state index contributed by atoms with van der Waals surface area (Å²) in [6, 6.07) is 1.77. The average molecular weight is 341 g/mol. The fourth-order valence-electron chi connectivity index (χ4n) is 2.68. The van der Waals surface area contributed by atoms with Crippen molar-refractivity contribution in [3.8, 4) is 0 Å². The number of thiophene rings is 1. The number of piperazine rings is 1. The van der Waals surface area contributed by atoms with Crippen LogP contribution in [0.3, 0.4) is 0 Å². The van der Waals surface area contributed by atoms with Crippen LogP contribution in [-0.2, 0) is 16.6 Å². The van der Waals surface area contributed by atoms with Gasteiger partial charge in [0.1, 0.15) is 6.26 Å². The number of oxazole rings is 1. The first-order valence-corrected chi connectivity index (χ1v) is 9.39. The summed E-state index contributed by atoms with van der Waals surface area (Å²) in [7, 11) is -3.37. The van der Waals surface area contributed by atoms with Gasteiger partial charge in [0.25, 0.3) is 0 Å². The van der Waals surface area contributed by atoms with Crippen LogP contribution in [0.4, 0.5) is 0 Å². The van der Waals surface area contributed by atoms with Gasteiger partial charge in [0, 0.05) is 42.5 Å². The molecule has 1 fully saturated rings. The molecule has 2 aromatic rings. The Balaban J connectivity index is 1.66. The minimum atomic E-state index is -3.37. The standard InChI is InChI=1S/C14H19N3O3S2/c1-11-7-14(12(2)21-11)22(18,19)17-5-3-16(4-6-17)8-13-9-20-10-15-13/h7,9-10H,3-6,8H2,1-2H3. The largest absolute Gasteiger partial charge is 0.451 e. The molecule has 3 heterocycles. The highest BCUT2D eigenvalue weighted by atomic mass is 32.2. The second-order valence-corrected chi connectivity index (χ2v) is 8.80. The minimum absolute atomic E-state index is 0.458. The van der Waals surface area contributed by atoms with Crippen LogP contribution < -0.4 is 0 Å². The smallest absolute Gasteiger partial charge is 0.244 e. The monoisotopic (exact) mass is 341 g/mol. The molecule has 6 nitrogen and oxygen atoms in total. The van der Waals surface area contributed by atoms with E-state index in [-0.39, 0.29) is 0 Å². The maximum atomic E-state index is 12.7. The van der Waals surface area contributed by atoms with Gasteiger partial charge < -0.3 is 4.42 Å². The maximum absolute atomic E-state index is 12.7. The fourth-order valence-corrected chi connectivity index (χ4v) is 5.62. The normalized spacial score (nSPS) is 17.9. The summed E-state index contributed by atoms with van der Waals surface area (Å²) in [5, 5.41) is 0. The van der Waals surface area contributed by atoms with E-state index >= 15 is 0 Å². The van der Waals surface area contributed by atoms with Crippen LogP contribution in [0.1, 0.15) is 15.4 Å². The lowest BCUT2D eigenvalue weighted by molar-refractivity contribution is 0.180. The van der Waals surface area contributed by atoms with Gasteiger partial charge in [0.05, 0.1) is 10.6 Å². The van der Waals surface area contributed by atoms with E-state index < -0.39 is 10.0 Å². The van der Waals surface area contributed by atoms with Crippen LogP contribution in [0.2, 0.25) is 0 Å². The van der Waals surface area contributed by atoms with Gasteiger partial charge in [0.15, 0.2) is 6.39 Å². The first kappa shape index (κ1) is 15.7. The molecule has 0 radical (unpaired) electrons. The molecule has 0 aromatic carbocycles. The first-order chi connectivity index (χ1) is 10.5. The van der Waals surface area contributed by atoms with Gasteiger partial charge in [-0.2, -0.15) is 4.31 Å². The van der Waals surface area contributed by atoms with Crippen molar-refractivity contribution in [3.63, 3.8) is 0 Å². The zero-order chi connectivity index (χ0) is 15.7. The van der Waals surface area contributed by atoms with E-state index in [1.165, 1.54) is 17.7 Å². The zero-order valence-electron chi connectivity index (χ0n) is 12.7. The lowest BCUT2D eigenvalue weighted by Gasteiger charge is -2.33. The highest BCUT2D eigenvalue weighted by Gasteiger charge is 2.30. The third-order valence-corrected chi connectivity index (χ3v) is 6.93. The Bertz CT molecular complexity index is 729. The van der Waals surface area contributed by atoms with Crippen molar-refractivity contribution < 1.29 is 12.8 Å². The lowest BCUT2D eigenvalue weighted by atomic mass is 10.3. The molecule has 1 aliphatic heterocycles. The number of aryl methyl sites for hydroxylation is 2. The third-order valence-electron chi connectivity index (χ3n) is 3.81. The molecule has 0 bridgehead atoms. The van der Waals surface area contributed by atoms with E-state index in [0.29, 0.717) is 37.6 Å². The predicted molar refractivity (Wildman–Crippen MR) is 84.3 cm³/mol. The Morgan fingerprint density at radius 1 is 1.27 bits per heavy atom. The molecule has 0 N–H and O–H groups in total. The van der Waals surface area contributed by atoms with Gasteiger partial charge in [0.2, 0.25) is 10.0 Å². The molecule has 1 aliphatic rings. The molecule has 3 rings (SSSR count). The SMILES string of the molecule is Cc1cc(S(=O)(=O)N2CCN(Cc3cocn3)CC2)c(C)s1.